The summed E-state index contributed by atoms with van der Waals surface area (Å²) in [6.07, 6.45) is 5.64. The van der Waals surface area contributed by atoms with Crippen molar-refractivity contribution in [2.45, 2.75) is 38.3 Å². The molecule has 1 aromatic rings. The third-order valence-electron chi connectivity index (χ3n) is 4.68. The molecule has 3 heterocycles. The van der Waals surface area contributed by atoms with Gasteiger partial charge in [-0.05, 0) is 60.9 Å². The smallest absolute Gasteiger partial charge is 0.0300 e. The van der Waals surface area contributed by atoms with E-state index in [1.54, 1.807) is 0 Å². The molecule has 5 heteroatoms. The fraction of sp³-hybridized carbons (Fsp3) is 0.750. The first-order valence-corrected chi connectivity index (χ1v) is 9.88. The lowest BCUT2D eigenvalue weighted by Gasteiger charge is -2.32. The predicted octanol–water partition coefficient (Wildman–Crippen LogP) is 3.16. The van der Waals surface area contributed by atoms with Crippen molar-refractivity contribution in [3.8, 4) is 0 Å². The van der Waals surface area contributed by atoms with Crippen LogP contribution in [0.1, 0.15) is 30.6 Å². The van der Waals surface area contributed by atoms with E-state index in [1.165, 1.54) is 67.8 Å². The molecule has 21 heavy (non-hydrogen) atoms. The maximum absolute atomic E-state index is 3.57. The summed E-state index contributed by atoms with van der Waals surface area (Å²) in [6.45, 7) is 8.53. The molecule has 1 N–H and O–H groups in total. The van der Waals surface area contributed by atoms with E-state index in [-0.39, 0.29) is 0 Å². The quantitative estimate of drug-likeness (QED) is 0.774. The van der Waals surface area contributed by atoms with Crippen LogP contribution in [0.15, 0.2) is 15.9 Å². The number of halogens is 1. The minimum atomic E-state index is 0.832. The standard InChI is InChI=1S/C16H26BrN3S/c17-14-10-16(21-13-14)11-18-5-9-19-8-4-15(12-19)20-6-2-1-3-7-20/h10,13,15,18H,1-9,11-12H2. The summed E-state index contributed by atoms with van der Waals surface area (Å²) in [4.78, 5) is 6.78. The number of nitrogens with one attached hydrogen (secondary N) is 1. The van der Waals surface area contributed by atoms with Gasteiger partial charge in [-0.2, -0.15) is 0 Å². The third kappa shape index (κ3) is 4.76. The molecule has 0 saturated carbocycles. The first-order valence-electron chi connectivity index (χ1n) is 8.21. The summed E-state index contributed by atoms with van der Waals surface area (Å²) < 4.78 is 1.20. The van der Waals surface area contributed by atoms with Gasteiger partial charge >= 0.3 is 0 Å². The van der Waals surface area contributed by atoms with Gasteiger partial charge in [0, 0.05) is 47.0 Å². The summed E-state index contributed by atoms with van der Waals surface area (Å²) in [5, 5.41) is 5.72. The number of piperidine rings is 1. The van der Waals surface area contributed by atoms with Crippen molar-refractivity contribution >= 4 is 27.3 Å². The summed E-state index contributed by atoms with van der Waals surface area (Å²) >= 11 is 5.33. The van der Waals surface area contributed by atoms with Crippen molar-refractivity contribution in [1.29, 1.82) is 0 Å². The average molecular weight is 372 g/mol. The molecule has 118 valence electrons. The van der Waals surface area contributed by atoms with E-state index in [0.717, 1.165) is 19.1 Å². The predicted molar refractivity (Wildman–Crippen MR) is 94.0 cm³/mol. The minimum Gasteiger partial charge on any atom is -0.311 e. The normalized spacial score (nSPS) is 24.7. The second-order valence-electron chi connectivity index (χ2n) is 6.25. The molecule has 0 amide bonds. The van der Waals surface area contributed by atoms with Crippen molar-refractivity contribution in [2.75, 3.05) is 39.3 Å². The first kappa shape index (κ1) is 15.9. The van der Waals surface area contributed by atoms with E-state index in [1.807, 2.05) is 11.3 Å². The van der Waals surface area contributed by atoms with Crippen molar-refractivity contribution in [2.24, 2.45) is 0 Å². The molecule has 2 aliphatic heterocycles. The Morgan fingerprint density at radius 3 is 2.86 bits per heavy atom. The van der Waals surface area contributed by atoms with Crippen molar-refractivity contribution in [1.82, 2.24) is 15.1 Å². The largest absolute Gasteiger partial charge is 0.311 e. The van der Waals surface area contributed by atoms with Gasteiger partial charge in [0.1, 0.15) is 0 Å². The maximum Gasteiger partial charge on any atom is 0.0300 e. The van der Waals surface area contributed by atoms with Crippen molar-refractivity contribution < 1.29 is 0 Å². The van der Waals surface area contributed by atoms with Crippen molar-refractivity contribution in [3.63, 3.8) is 0 Å². The van der Waals surface area contributed by atoms with E-state index in [2.05, 4.69) is 42.5 Å². The van der Waals surface area contributed by atoms with Crippen LogP contribution in [-0.4, -0.2) is 55.1 Å². The lowest BCUT2D eigenvalue weighted by molar-refractivity contribution is 0.162. The summed E-state index contributed by atoms with van der Waals surface area (Å²) in [6, 6.07) is 3.04. The van der Waals surface area contributed by atoms with Crippen LogP contribution in [0.25, 0.3) is 0 Å². The highest BCUT2D eigenvalue weighted by Crippen LogP contribution is 2.20. The Morgan fingerprint density at radius 1 is 1.24 bits per heavy atom. The van der Waals surface area contributed by atoms with Gasteiger partial charge in [-0.1, -0.05) is 6.42 Å². The molecular weight excluding hydrogens is 346 g/mol. The second kappa shape index (κ2) is 8.06. The average Bonchev–Trinajstić information content (AvgIpc) is 3.14. The van der Waals surface area contributed by atoms with Crippen LogP contribution in [-0.2, 0) is 6.54 Å². The van der Waals surface area contributed by atoms with Gasteiger partial charge in [-0.25, -0.2) is 0 Å². The fourth-order valence-corrected chi connectivity index (χ4v) is 4.91. The van der Waals surface area contributed by atoms with Gasteiger partial charge in [-0.3, -0.25) is 4.90 Å². The number of nitrogens with zero attached hydrogens (tertiary/aromatic N) is 2. The summed E-state index contributed by atoms with van der Waals surface area (Å²) in [5.74, 6) is 0. The van der Waals surface area contributed by atoms with Crippen LogP contribution in [0.2, 0.25) is 0 Å². The van der Waals surface area contributed by atoms with E-state index in [0.29, 0.717) is 0 Å². The first-order chi connectivity index (χ1) is 10.3. The van der Waals surface area contributed by atoms with E-state index >= 15 is 0 Å². The SMILES string of the molecule is Brc1csc(CNCCN2CCC(N3CCCCC3)C2)c1. The monoisotopic (exact) mass is 371 g/mol. The molecular formula is C16H26BrN3S. The zero-order chi connectivity index (χ0) is 14.5. The van der Waals surface area contributed by atoms with Gasteiger partial charge in [0.15, 0.2) is 0 Å². The minimum absolute atomic E-state index is 0.832. The highest BCUT2D eigenvalue weighted by Gasteiger charge is 2.27. The Hall–Kier alpha value is 0.0600. The Balaban J connectivity index is 1.31. The number of likely N-dealkylation sites (tertiary alicyclic amines) is 2. The Labute approximate surface area is 140 Å². The van der Waals surface area contributed by atoms with Crippen LogP contribution >= 0.6 is 27.3 Å². The fourth-order valence-electron chi connectivity index (χ4n) is 3.49. The molecule has 2 aliphatic rings. The van der Waals surface area contributed by atoms with E-state index in [4.69, 9.17) is 0 Å². The van der Waals surface area contributed by atoms with Crippen molar-refractivity contribution in [3.05, 3.63) is 20.8 Å². The number of thiophene rings is 1. The highest BCUT2D eigenvalue weighted by atomic mass is 79.9. The molecule has 2 fully saturated rings. The lowest BCUT2D eigenvalue weighted by atomic mass is 10.1. The molecule has 0 spiro atoms. The molecule has 1 atom stereocenters. The van der Waals surface area contributed by atoms with Gasteiger partial charge in [0.2, 0.25) is 0 Å². The molecule has 0 aromatic carbocycles. The summed E-state index contributed by atoms with van der Waals surface area (Å²) in [7, 11) is 0. The topological polar surface area (TPSA) is 18.5 Å². The molecule has 0 aliphatic carbocycles. The second-order valence-corrected chi connectivity index (χ2v) is 8.16. The molecule has 1 aromatic heterocycles. The summed E-state index contributed by atoms with van der Waals surface area (Å²) in [5.41, 5.74) is 0. The Bertz CT molecular complexity index is 431. The van der Waals surface area contributed by atoms with Gasteiger partial charge < -0.3 is 10.2 Å². The Kier molecular flexibility index (Phi) is 6.12. The zero-order valence-corrected chi connectivity index (χ0v) is 15.1. The van der Waals surface area contributed by atoms with Crippen LogP contribution < -0.4 is 5.32 Å². The van der Waals surface area contributed by atoms with Crippen LogP contribution in [0, 0.1) is 0 Å². The Morgan fingerprint density at radius 2 is 2.10 bits per heavy atom. The third-order valence-corrected chi connectivity index (χ3v) is 6.38. The maximum atomic E-state index is 3.57. The van der Waals surface area contributed by atoms with Gasteiger partial charge in [-0.15, -0.1) is 11.3 Å². The van der Waals surface area contributed by atoms with Crippen LogP contribution in [0.4, 0.5) is 0 Å². The molecule has 0 radical (unpaired) electrons. The lowest BCUT2D eigenvalue weighted by Crippen LogP contribution is -2.41. The van der Waals surface area contributed by atoms with Crippen LogP contribution in [0.3, 0.4) is 0 Å². The molecule has 0 bridgehead atoms. The molecule has 2 saturated heterocycles. The molecule has 3 nitrogen and oxygen atoms in total. The highest BCUT2D eigenvalue weighted by molar-refractivity contribution is 9.10. The van der Waals surface area contributed by atoms with E-state index in [9.17, 15) is 0 Å². The number of hydrogen-bond donors (Lipinski definition) is 1. The number of hydrogen-bond acceptors (Lipinski definition) is 4. The molecule has 3 rings (SSSR count). The molecule has 1 unspecified atom stereocenters. The van der Waals surface area contributed by atoms with Crippen LogP contribution in [0.5, 0.6) is 0 Å². The van der Waals surface area contributed by atoms with E-state index < -0.39 is 0 Å². The number of rotatable bonds is 6. The zero-order valence-electron chi connectivity index (χ0n) is 12.7. The van der Waals surface area contributed by atoms with Gasteiger partial charge in [0.05, 0.1) is 0 Å². The van der Waals surface area contributed by atoms with Gasteiger partial charge in [0.25, 0.3) is 0 Å².